The molecule has 19 heavy (non-hydrogen) atoms. The van der Waals surface area contributed by atoms with Gasteiger partial charge in [0.1, 0.15) is 0 Å². The summed E-state index contributed by atoms with van der Waals surface area (Å²) >= 11 is 0. The van der Waals surface area contributed by atoms with E-state index in [9.17, 15) is 9.59 Å². The van der Waals surface area contributed by atoms with Crippen LogP contribution in [0.25, 0.3) is 0 Å². The van der Waals surface area contributed by atoms with Gasteiger partial charge in [-0.1, -0.05) is 0 Å². The number of carbonyl (C=O) groups excluding carboxylic acids is 2. The standard InChI is InChI=1S/C11H18N6O2/c12-10(18)8-7-17(15-9(8)11(13)19)6-5-16-3-1-14-2-4-16/h7,14H,1-6H2,(H2,12,18)(H2,13,19). The van der Waals surface area contributed by atoms with Gasteiger partial charge in [0.2, 0.25) is 0 Å². The number of nitrogens with one attached hydrogen (secondary N) is 1. The number of nitrogens with two attached hydrogens (primary N) is 2. The minimum absolute atomic E-state index is 0.0622. The first-order valence-electron chi connectivity index (χ1n) is 6.18. The van der Waals surface area contributed by atoms with Gasteiger partial charge < -0.3 is 16.8 Å². The van der Waals surface area contributed by atoms with Crippen LogP contribution in [-0.2, 0) is 6.54 Å². The molecule has 0 aliphatic carbocycles. The Morgan fingerprint density at radius 2 is 1.89 bits per heavy atom. The average molecular weight is 266 g/mol. The quantitative estimate of drug-likeness (QED) is 0.568. The predicted octanol–water partition coefficient (Wildman–Crippen LogP) is -2.01. The molecule has 2 heterocycles. The van der Waals surface area contributed by atoms with Crippen molar-refractivity contribution in [3.8, 4) is 0 Å². The molecule has 0 unspecified atom stereocenters. The van der Waals surface area contributed by atoms with Crippen LogP contribution in [0.5, 0.6) is 0 Å². The fourth-order valence-corrected chi connectivity index (χ4v) is 2.08. The molecular weight excluding hydrogens is 248 g/mol. The van der Waals surface area contributed by atoms with Crippen LogP contribution >= 0.6 is 0 Å². The first-order chi connectivity index (χ1) is 9.08. The molecule has 1 saturated heterocycles. The van der Waals surface area contributed by atoms with Crippen molar-refractivity contribution in [1.82, 2.24) is 20.0 Å². The molecule has 0 saturated carbocycles. The summed E-state index contributed by atoms with van der Waals surface area (Å²) in [5.74, 6) is -1.43. The molecular formula is C11H18N6O2. The van der Waals surface area contributed by atoms with Crippen LogP contribution in [0.3, 0.4) is 0 Å². The highest BCUT2D eigenvalue weighted by molar-refractivity contribution is 6.04. The lowest BCUT2D eigenvalue weighted by molar-refractivity contribution is 0.0965. The molecule has 5 N–H and O–H groups in total. The maximum atomic E-state index is 11.2. The number of nitrogens with zero attached hydrogens (tertiary/aromatic N) is 3. The van der Waals surface area contributed by atoms with Crippen LogP contribution < -0.4 is 16.8 Å². The molecule has 1 fully saturated rings. The summed E-state index contributed by atoms with van der Waals surface area (Å²) in [4.78, 5) is 24.6. The van der Waals surface area contributed by atoms with Crippen LogP contribution in [0.4, 0.5) is 0 Å². The number of piperazine rings is 1. The number of amides is 2. The van der Waals surface area contributed by atoms with Crippen molar-refractivity contribution in [2.75, 3.05) is 32.7 Å². The largest absolute Gasteiger partial charge is 0.365 e. The summed E-state index contributed by atoms with van der Waals surface area (Å²) in [6.07, 6.45) is 1.48. The fourth-order valence-electron chi connectivity index (χ4n) is 2.08. The molecule has 1 aliphatic rings. The van der Waals surface area contributed by atoms with Gasteiger partial charge in [0.05, 0.1) is 12.1 Å². The molecule has 1 aromatic rings. The van der Waals surface area contributed by atoms with Crippen LogP contribution in [0.2, 0.25) is 0 Å². The highest BCUT2D eigenvalue weighted by Crippen LogP contribution is 2.06. The van der Waals surface area contributed by atoms with Gasteiger partial charge in [-0.15, -0.1) is 0 Å². The van der Waals surface area contributed by atoms with Crippen LogP contribution in [0.1, 0.15) is 20.8 Å². The lowest BCUT2D eigenvalue weighted by Gasteiger charge is -2.26. The highest BCUT2D eigenvalue weighted by atomic mass is 16.2. The summed E-state index contributed by atoms with van der Waals surface area (Å²) in [7, 11) is 0. The molecule has 0 bridgehead atoms. The van der Waals surface area contributed by atoms with Crippen molar-refractivity contribution in [3.63, 3.8) is 0 Å². The molecule has 2 rings (SSSR count). The minimum atomic E-state index is -0.741. The zero-order chi connectivity index (χ0) is 13.8. The zero-order valence-electron chi connectivity index (χ0n) is 10.6. The highest BCUT2D eigenvalue weighted by Gasteiger charge is 2.18. The Morgan fingerprint density at radius 1 is 1.21 bits per heavy atom. The lowest BCUT2D eigenvalue weighted by Crippen LogP contribution is -2.44. The molecule has 8 nitrogen and oxygen atoms in total. The van der Waals surface area contributed by atoms with Crippen molar-refractivity contribution in [3.05, 3.63) is 17.5 Å². The van der Waals surface area contributed by atoms with E-state index in [-0.39, 0.29) is 11.3 Å². The van der Waals surface area contributed by atoms with Crippen molar-refractivity contribution >= 4 is 11.8 Å². The fraction of sp³-hybridized carbons (Fsp3) is 0.545. The Labute approximate surface area is 110 Å². The van der Waals surface area contributed by atoms with E-state index in [4.69, 9.17) is 11.5 Å². The molecule has 2 amide bonds. The second-order valence-corrected chi connectivity index (χ2v) is 4.47. The van der Waals surface area contributed by atoms with Gasteiger partial charge in [0.25, 0.3) is 11.8 Å². The zero-order valence-corrected chi connectivity index (χ0v) is 10.6. The van der Waals surface area contributed by atoms with Crippen molar-refractivity contribution in [1.29, 1.82) is 0 Å². The van der Waals surface area contributed by atoms with Gasteiger partial charge in [0, 0.05) is 38.9 Å². The Kier molecular flexibility index (Phi) is 4.13. The van der Waals surface area contributed by atoms with Crippen LogP contribution in [-0.4, -0.2) is 59.2 Å². The van der Waals surface area contributed by atoms with Crippen LogP contribution in [0.15, 0.2) is 6.20 Å². The molecule has 0 spiro atoms. The summed E-state index contributed by atoms with van der Waals surface area (Å²) in [5.41, 5.74) is 10.4. The summed E-state index contributed by atoms with van der Waals surface area (Å²) in [6.45, 7) is 5.29. The second kappa shape index (κ2) is 5.81. The summed E-state index contributed by atoms with van der Waals surface area (Å²) in [5, 5.41) is 7.28. The summed E-state index contributed by atoms with van der Waals surface area (Å²) < 4.78 is 1.54. The van der Waals surface area contributed by atoms with Crippen molar-refractivity contribution in [2.24, 2.45) is 11.5 Å². The Hall–Kier alpha value is -1.93. The monoisotopic (exact) mass is 266 g/mol. The number of aromatic nitrogens is 2. The maximum Gasteiger partial charge on any atom is 0.270 e. The van der Waals surface area contributed by atoms with Gasteiger partial charge in [-0.3, -0.25) is 19.2 Å². The van der Waals surface area contributed by atoms with E-state index in [1.54, 1.807) is 4.68 Å². The predicted molar refractivity (Wildman–Crippen MR) is 68.6 cm³/mol. The van der Waals surface area contributed by atoms with Crippen molar-refractivity contribution in [2.45, 2.75) is 6.54 Å². The third kappa shape index (κ3) is 3.30. The third-order valence-corrected chi connectivity index (χ3v) is 3.12. The van der Waals surface area contributed by atoms with E-state index >= 15 is 0 Å². The van der Waals surface area contributed by atoms with Gasteiger partial charge >= 0.3 is 0 Å². The molecule has 1 aromatic heterocycles. The number of primary amides is 2. The van der Waals surface area contributed by atoms with Gasteiger partial charge in [-0.25, -0.2) is 0 Å². The normalized spacial score (nSPS) is 16.4. The number of rotatable bonds is 5. The first-order valence-corrected chi connectivity index (χ1v) is 6.18. The molecule has 0 radical (unpaired) electrons. The number of hydrogen-bond acceptors (Lipinski definition) is 5. The smallest absolute Gasteiger partial charge is 0.270 e. The summed E-state index contributed by atoms with van der Waals surface area (Å²) in [6, 6.07) is 0. The van der Waals surface area contributed by atoms with E-state index in [0.717, 1.165) is 32.7 Å². The number of carbonyl (C=O) groups is 2. The van der Waals surface area contributed by atoms with E-state index < -0.39 is 11.8 Å². The third-order valence-electron chi connectivity index (χ3n) is 3.12. The first kappa shape index (κ1) is 13.5. The topological polar surface area (TPSA) is 119 Å². The lowest BCUT2D eigenvalue weighted by atomic mass is 10.2. The minimum Gasteiger partial charge on any atom is -0.365 e. The second-order valence-electron chi connectivity index (χ2n) is 4.47. The Bertz CT molecular complexity index is 446. The molecule has 104 valence electrons. The molecule has 1 aliphatic heterocycles. The van der Waals surface area contributed by atoms with Gasteiger partial charge in [-0.2, -0.15) is 5.10 Å². The van der Waals surface area contributed by atoms with E-state index in [2.05, 4.69) is 15.3 Å². The Morgan fingerprint density at radius 3 is 2.42 bits per heavy atom. The molecule has 0 atom stereocenters. The average Bonchev–Trinajstić information content (AvgIpc) is 2.82. The van der Waals surface area contributed by atoms with E-state index in [1.165, 1.54) is 6.20 Å². The van der Waals surface area contributed by atoms with Gasteiger partial charge in [-0.05, 0) is 0 Å². The van der Waals surface area contributed by atoms with E-state index in [1.807, 2.05) is 0 Å². The number of hydrogen-bond donors (Lipinski definition) is 3. The Balaban J connectivity index is 2.02. The molecule has 0 aromatic carbocycles. The maximum absolute atomic E-state index is 11.2. The van der Waals surface area contributed by atoms with Crippen molar-refractivity contribution < 1.29 is 9.59 Å². The van der Waals surface area contributed by atoms with Crippen LogP contribution in [0, 0.1) is 0 Å². The van der Waals surface area contributed by atoms with Gasteiger partial charge in [0.15, 0.2) is 5.69 Å². The SMILES string of the molecule is NC(=O)c1cn(CCN2CCNCC2)nc1C(N)=O. The van der Waals surface area contributed by atoms with E-state index in [0.29, 0.717) is 6.54 Å². The molecule has 8 heteroatoms.